The highest BCUT2D eigenvalue weighted by atomic mass is 32.1. The highest BCUT2D eigenvalue weighted by Gasteiger charge is 2.16. The quantitative estimate of drug-likeness (QED) is 0.262. The molecule has 0 N–H and O–H groups in total. The molecular weight excluding hydrogens is 382 g/mol. The van der Waals surface area contributed by atoms with Gasteiger partial charge in [0.1, 0.15) is 0 Å². The molecule has 0 saturated heterocycles. The molecular formula is C28H17NS. The molecule has 7 aromatic rings. The van der Waals surface area contributed by atoms with Gasteiger partial charge in [-0.05, 0) is 24.3 Å². The maximum atomic E-state index is 2.42. The summed E-state index contributed by atoms with van der Waals surface area (Å²) < 4.78 is 5.15. The fourth-order valence-electron chi connectivity index (χ4n) is 4.89. The Bertz CT molecular complexity index is 1740. The van der Waals surface area contributed by atoms with Crippen molar-refractivity contribution in [1.82, 2.24) is 4.57 Å². The van der Waals surface area contributed by atoms with Gasteiger partial charge in [0.25, 0.3) is 0 Å². The van der Waals surface area contributed by atoms with Crippen LogP contribution in [0.5, 0.6) is 0 Å². The second kappa shape index (κ2) is 5.94. The van der Waals surface area contributed by atoms with Crippen molar-refractivity contribution in [2.45, 2.75) is 0 Å². The molecule has 0 radical (unpaired) electrons. The zero-order valence-corrected chi connectivity index (χ0v) is 17.0. The number of aromatic nitrogens is 1. The van der Waals surface area contributed by atoms with Crippen LogP contribution in [0.3, 0.4) is 0 Å². The zero-order chi connectivity index (χ0) is 19.7. The van der Waals surface area contributed by atoms with Crippen LogP contribution in [0.1, 0.15) is 0 Å². The van der Waals surface area contributed by atoms with Crippen molar-refractivity contribution < 1.29 is 0 Å². The minimum Gasteiger partial charge on any atom is -0.309 e. The van der Waals surface area contributed by atoms with E-state index < -0.39 is 0 Å². The van der Waals surface area contributed by atoms with Crippen molar-refractivity contribution in [1.29, 1.82) is 0 Å². The van der Waals surface area contributed by atoms with Crippen LogP contribution in [0.25, 0.3) is 58.4 Å². The summed E-state index contributed by atoms with van der Waals surface area (Å²) in [5.74, 6) is 0. The van der Waals surface area contributed by atoms with Crippen LogP contribution in [0.2, 0.25) is 0 Å². The van der Waals surface area contributed by atoms with Crippen LogP contribution >= 0.6 is 11.3 Å². The Morgan fingerprint density at radius 3 is 1.90 bits per heavy atom. The minimum atomic E-state index is 1.20. The van der Waals surface area contributed by atoms with Gasteiger partial charge in [0, 0.05) is 47.4 Å². The summed E-state index contributed by atoms with van der Waals surface area (Å²) in [4.78, 5) is 0. The van der Waals surface area contributed by atoms with Gasteiger partial charge in [0.2, 0.25) is 0 Å². The Morgan fingerprint density at radius 1 is 0.467 bits per heavy atom. The van der Waals surface area contributed by atoms with Gasteiger partial charge in [0.15, 0.2) is 0 Å². The molecule has 0 saturated carbocycles. The monoisotopic (exact) mass is 399 g/mol. The Hall–Kier alpha value is -3.62. The van der Waals surface area contributed by atoms with Gasteiger partial charge in [-0.15, -0.1) is 11.3 Å². The molecule has 2 aromatic heterocycles. The number of benzene rings is 5. The lowest BCUT2D eigenvalue weighted by atomic mass is 10.0. The van der Waals surface area contributed by atoms with E-state index in [0.717, 1.165) is 0 Å². The molecule has 0 fully saturated rings. The molecule has 0 amide bonds. The molecule has 0 aliphatic heterocycles. The summed E-state index contributed by atoms with van der Waals surface area (Å²) in [6.07, 6.45) is 0. The van der Waals surface area contributed by atoms with E-state index >= 15 is 0 Å². The van der Waals surface area contributed by atoms with Crippen LogP contribution in [0.4, 0.5) is 0 Å². The Labute approximate surface area is 177 Å². The molecule has 30 heavy (non-hydrogen) atoms. The largest absolute Gasteiger partial charge is 0.309 e. The Balaban J connectivity index is 1.73. The number of nitrogens with zero attached hydrogens (tertiary/aromatic N) is 1. The first-order valence-corrected chi connectivity index (χ1v) is 11.0. The van der Waals surface area contributed by atoms with Crippen LogP contribution < -0.4 is 0 Å². The van der Waals surface area contributed by atoms with Crippen molar-refractivity contribution >= 4 is 64.1 Å². The number of thiophene rings is 1. The fraction of sp³-hybridized carbons (Fsp3) is 0. The van der Waals surface area contributed by atoms with Crippen LogP contribution in [0.15, 0.2) is 103 Å². The molecule has 0 bridgehead atoms. The maximum absolute atomic E-state index is 2.42. The lowest BCUT2D eigenvalue weighted by molar-refractivity contribution is 1.19. The van der Waals surface area contributed by atoms with Crippen molar-refractivity contribution in [3.8, 4) is 5.69 Å². The highest BCUT2D eigenvalue weighted by Crippen LogP contribution is 2.42. The number of hydrogen-bond donors (Lipinski definition) is 0. The predicted octanol–water partition coefficient (Wildman–Crippen LogP) is 8.30. The van der Waals surface area contributed by atoms with Gasteiger partial charge >= 0.3 is 0 Å². The number of fused-ring (bicyclic) bond motifs is 9. The molecule has 0 aliphatic carbocycles. The number of para-hydroxylation sites is 2. The third kappa shape index (κ3) is 2.06. The lowest BCUT2D eigenvalue weighted by Crippen LogP contribution is -1.93. The fourth-order valence-corrected chi connectivity index (χ4v) is 6.12. The second-order valence-electron chi connectivity index (χ2n) is 7.79. The molecule has 2 heteroatoms. The van der Waals surface area contributed by atoms with E-state index in [1.807, 2.05) is 11.3 Å². The molecule has 0 atom stereocenters. The molecule has 140 valence electrons. The van der Waals surface area contributed by atoms with Gasteiger partial charge < -0.3 is 4.57 Å². The maximum Gasteiger partial charge on any atom is 0.0619 e. The smallest absolute Gasteiger partial charge is 0.0619 e. The normalized spacial score (nSPS) is 12.0. The van der Waals surface area contributed by atoms with Crippen molar-refractivity contribution in [2.24, 2.45) is 0 Å². The first kappa shape index (κ1) is 16.2. The summed E-state index contributed by atoms with van der Waals surface area (Å²) in [6, 6.07) is 37.4. The van der Waals surface area contributed by atoms with Crippen LogP contribution in [-0.4, -0.2) is 4.57 Å². The summed E-state index contributed by atoms with van der Waals surface area (Å²) in [6.45, 7) is 0. The summed E-state index contributed by atoms with van der Waals surface area (Å²) >= 11 is 1.90. The predicted molar refractivity (Wildman–Crippen MR) is 131 cm³/mol. The summed E-state index contributed by atoms with van der Waals surface area (Å²) in [5.41, 5.74) is 3.74. The topological polar surface area (TPSA) is 4.93 Å². The van der Waals surface area contributed by atoms with Crippen molar-refractivity contribution in [3.05, 3.63) is 103 Å². The van der Waals surface area contributed by atoms with E-state index in [2.05, 4.69) is 108 Å². The van der Waals surface area contributed by atoms with E-state index in [-0.39, 0.29) is 0 Å². The lowest BCUT2D eigenvalue weighted by Gasteiger charge is -2.10. The molecule has 2 heterocycles. The van der Waals surface area contributed by atoms with E-state index in [4.69, 9.17) is 0 Å². The van der Waals surface area contributed by atoms with Gasteiger partial charge in [-0.25, -0.2) is 0 Å². The van der Waals surface area contributed by atoms with Gasteiger partial charge in [-0.2, -0.15) is 0 Å². The van der Waals surface area contributed by atoms with Crippen molar-refractivity contribution in [3.63, 3.8) is 0 Å². The second-order valence-corrected chi connectivity index (χ2v) is 8.84. The van der Waals surface area contributed by atoms with Crippen molar-refractivity contribution in [2.75, 3.05) is 0 Å². The molecule has 5 aromatic carbocycles. The van der Waals surface area contributed by atoms with Gasteiger partial charge in [-0.1, -0.05) is 78.9 Å². The minimum absolute atomic E-state index is 1.20. The zero-order valence-electron chi connectivity index (χ0n) is 16.2. The molecule has 1 nitrogen and oxygen atoms in total. The Morgan fingerprint density at radius 2 is 1.07 bits per heavy atom. The molecule has 7 rings (SSSR count). The SMILES string of the molecule is c1ccc(-n2c3ccccc3c3ccc4c(ccc5c6ccccc6sc54)c32)cc1. The molecule has 0 unspecified atom stereocenters. The Kier molecular flexibility index (Phi) is 3.21. The van der Waals surface area contributed by atoms with E-state index in [1.165, 1.54) is 58.4 Å². The third-order valence-electron chi connectivity index (χ3n) is 6.19. The van der Waals surface area contributed by atoms with Gasteiger partial charge in [0.05, 0.1) is 11.0 Å². The van der Waals surface area contributed by atoms with Crippen LogP contribution in [-0.2, 0) is 0 Å². The standard InChI is InChI=1S/C28H17NS/c1-2-8-18(9-3-1)29-25-12-6-4-10-19(25)21-14-17-24-22(27(21)29)15-16-23-20-11-5-7-13-26(20)30-28(23)24/h1-17H. The molecule has 0 aliphatic rings. The first-order chi connectivity index (χ1) is 14.9. The van der Waals surface area contributed by atoms with Gasteiger partial charge in [-0.3, -0.25) is 0 Å². The molecule has 0 spiro atoms. The first-order valence-electron chi connectivity index (χ1n) is 10.2. The average Bonchev–Trinajstić information content (AvgIpc) is 3.36. The van der Waals surface area contributed by atoms with E-state index in [0.29, 0.717) is 0 Å². The third-order valence-corrected chi connectivity index (χ3v) is 7.41. The van der Waals surface area contributed by atoms with E-state index in [1.54, 1.807) is 0 Å². The summed E-state index contributed by atoms with van der Waals surface area (Å²) in [5, 5.41) is 7.96. The van der Waals surface area contributed by atoms with Crippen LogP contribution in [0, 0.1) is 0 Å². The average molecular weight is 400 g/mol. The van der Waals surface area contributed by atoms with E-state index in [9.17, 15) is 0 Å². The summed E-state index contributed by atoms with van der Waals surface area (Å²) in [7, 11) is 0. The highest BCUT2D eigenvalue weighted by molar-refractivity contribution is 7.26. The number of rotatable bonds is 1. The number of hydrogen-bond acceptors (Lipinski definition) is 1.